The Balaban J connectivity index is 1.54. The van der Waals surface area contributed by atoms with Gasteiger partial charge in [0.15, 0.2) is 0 Å². The lowest BCUT2D eigenvalue weighted by atomic mass is 10.2. The van der Waals surface area contributed by atoms with Crippen molar-refractivity contribution >= 4 is 22.7 Å². The summed E-state index contributed by atoms with van der Waals surface area (Å²) in [5, 5.41) is 3.89. The molecule has 0 radical (unpaired) electrons. The van der Waals surface area contributed by atoms with E-state index in [1.54, 1.807) is 18.7 Å². The number of anilines is 1. The van der Waals surface area contributed by atoms with Gasteiger partial charge in [0.1, 0.15) is 23.2 Å². The van der Waals surface area contributed by atoms with Crippen LogP contribution in [0.15, 0.2) is 51.8 Å². The van der Waals surface area contributed by atoms with E-state index >= 15 is 0 Å². The van der Waals surface area contributed by atoms with Gasteiger partial charge in [-0.2, -0.15) is 0 Å². The number of amides is 1. The van der Waals surface area contributed by atoms with Crippen LogP contribution in [-0.2, 0) is 11.3 Å². The molecule has 0 bridgehead atoms. The maximum atomic E-state index is 12.6. The van der Waals surface area contributed by atoms with Crippen molar-refractivity contribution in [3.63, 3.8) is 0 Å². The average molecular weight is 311 g/mol. The number of furan rings is 2. The van der Waals surface area contributed by atoms with E-state index in [2.05, 4.69) is 15.2 Å². The molecule has 3 aromatic heterocycles. The summed E-state index contributed by atoms with van der Waals surface area (Å²) in [5.41, 5.74) is 0.789. The van der Waals surface area contributed by atoms with Crippen LogP contribution in [0.4, 0.5) is 5.82 Å². The van der Waals surface area contributed by atoms with E-state index in [0.29, 0.717) is 6.54 Å². The molecule has 1 saturated heterocycles. The number of nitrogens with one attached hydrogen (secondary N) is 1. The van der Waals surface area contributed by atoms with Crippen LogP contribution in [0, 0.1) is 0 Å². The number of carbonyl (C=O) groups is 1. The Labute approximate surface area is 133 Å². The Bertz CT molecular complexity index is 809. The molecule has 6 nitrogen and oxygen atoms in total. The summed E-state index contributed by atoms with van der Waals surface area (Å²) in [7, 11) is 0. The number of hydrogen-bond acceptors (Lipinski definition) is 5. The summed E-state index contributed by atoms with van der Waals surface area (Å²) in [4.78, 5) is 19.1. The summed E-state index contributed by atoms with van der Waals surface area (Å²) in [5.74, 6) is 1.56. The minimum Gasteiger partial charge on any atom is -0.467 e. The van der Waals surface area contributed by atoms with E-state index in [4.69, 9.17) is 8.83 Å². The fourth-order valence-corrected chi connectivity index (χ4v) is 3.11. The van der Waals surface area contributed by atoms with Crippen LogP contribution in [0.25, 0.3) is 11.0 Å². The zero-order valence-corrected chi connectivity index (χ0v) is 12.6. The molecule has 0 spiro atoms. The van der Waals surface area contributed by atoms with Gasteiger partial charge in [-0.25, -0.2) is 4.98 Å². The molecule has 6 heteroatoms. The van der Waals surface area contributed by atoms with Gasteiger partial charge >= 0.3 is 0 Å². The molecule has 1 unspecified atom stereocenters. The fourth-order valence-electron chi connectivity index (χ4n) is 3.11. The molecule has 0 aliphatic carbocycles. The molecule has 0 aromatic carbocycles. The maximum absolute atomic E-state index is 12.6. The molecule has 1 atom stereocenters. The highest BCUT2D eigenvalue weighted by Gasteiger charge is 2.32. The maximum Gasteiger partial charge on any atom is 0.243 e. The highest BCUT2D eigenvalue weighted by molar-refractivity contribution is 5.92. The first-order valence-corrected chi connectivity index (χ1v) is 7.72. The first kappa shape index (κ1) is 13.9. The van der Waals surface area contributed by atoms with Crippen LogP contribution >= 0.6 is 0 Å². The fraction of sp³-hybridized carbons (Fsp3) is 0.294. The molecule has 1 amide bonds. The SMILES string of the molecule is O=C(NCc1ccco1)C1CCCN1c1nccc2occc12. The molecule has 3 aromatic rings. The molecule has 1 aliphatic heterocycles. The summed E-state index contributed by atoms with van der Waals surface area (Å²) in [6, 6.07) is 7.18. The van der Waals surface area contributed by atoms with Crippen molar-refractivity contribution in [3.05, 3.63) is 48.7 Å². The molecule has 1 N–H and O–H groups in total. The van der Waals surface area contributed by atoms with Crippen molar-refractivity contribution in [2.75, 3.05) is 11.4 Å². The Morgan fingerprint density at radius 1 is 1.30 bits per heavy atom. The van der Waals surface area contributed by atoms with Crippen molar-refractivity contribution in [2.24, 2.45) is 0 Å². The molecular weight excluding hydrogens is 294 g/mol. The van der Waals surface area contributed by atoms with Gasteiger partial charge in [-0.05, 0) is 37.1 Å². The largest absolute Gasteiger partial charge is 0.467 e. The zero-order chi connectivity index (χ0) is 15.6. The first-order valence-electron chi connectivity index (χ1n) is 7.72. The lowest BCUT2D eigenvalue weighted by Gasteiger charge is -2.25. The second kappa shape index (κ2) is 5.79. The van der Waals surface area contributed by atoms with Gasteiger partial charge in [0.25, 0.3) is 0 Å². The topological polar surface area (TPSA) is 71.5 Å². The van der Waals surface area contributed by atoms with Crippen molar-refractivity contribution in [1.82, 2.24) is 10.3 Å². The van der Waals surface area contributed by atoms with E-state index < -0.39 is 0 Å². The summed E-state index contributed by atoms with van der Waals surface area (Å²) < 4.78 is 10.7. The predicted molar refractivity (Wildman–Crippen MR) is 84.9 cm³/mol. The summed E-state index contributed by atoms with van der Waals surface area (Å²) in [6.45, 7) is 1.22. The molecule has 4 heterocycles. The second-order valence-electron chi connectivity index (χ2n) is 5.62. The van der Waals surface area contributed by atoms with Crippen LogP contribution in [0.2, 0.25) is 0 Å². The molecule has 4 rings (SSSR count). The second-order valence-corrected chi connectivity index (χ2v) is 5.62. The minimum atomic E-state index is -0.210. The van der Waals surface area contributed by atoms with Gasteiger partial charge in [0.05, 0.1) is 24.5 Å². The van der Waals surface area contributed by atoms with Crippen molar-refractivity contribution in [2.45, 2.75) is 25.4 Å². The lowest BCUT2D eigenvalue weighted by Crippen LogP contribution is -2.43. The Morgan fingerprint density at radius 2 is 2.26 bits per heavy atom. The average Bonchev–Trinajstić information content (AvgIpc) is 3.32. The summed E-state index contributed by atoms with van der Waals surface area (Å²) in [6.07, 6.45) is 6.76. The third-order valence-corrected chi connectivity index (χ3v) is 4.20. The standard InChI is InChI=1S/C17H17N3O3/c21-17(19-11-12-3-2-9-22-12)14-4-1-8-20(14)16-13-6-10-23-15(13)5-7-18-16/h2-3,5-7,9-10,14H,1,4,8,11H2,(H,19,21). The summed E-state index contributed by atoms with van der Waals surface area (Å²) >= 11 is 0. The Hall–Kier alpha value is -2.76. The number of fused-ring (bicyclic) bond motifs is 1. The highest BCUT2D eigenvalue weighted by atomic mass is 16.3. The third kappa shape index (κ3) is 2.56. The molecule has 0 saturated carbocycles. The van der Waals surface area contributed by atoms with Gasteiger partial charge in [0.2, 0.25) is 5.91 Å². The smallest absolute Gasteiger partial charge is 0.243 e. The van der Waals surface area contributed by atoms with Crippen LogP contribution in [0.1, 0.15) is 18.6 Å². The molecule has 1 aliphatic rings. The van der Waals surface area contributed by atoms with Crippen molar-refractivity contribution < 1.29 is 13.6 Å². The monoisotopic (exact) mass is 311 g/mol. The van der Waals surface area contributed by atoms with E-state index in [-0.39, 0.29) is 11.9 Å². The third-order valence-electron chi connectivity index (χ3n) is 4.20. The normalized spacial score (nSPS) is 17.7. The zero-order valence-electron chi connectivity index (χ0n) is 12.6. The van der Waals surface area contributed by atoms with Gasteiger partial charge in [-0.1, -0.05) is 0 Å². The Morgan fingerprint density at radius 3 is 3.13 bits per heavy atom. The predicted octanol–water partition coefficient (Wildman–Crippen LogP) is 2.71. The quantitative estimate of drug-likeness (QED) is 0.802. The van der Waals surface area contributed by atoms with E-state index in [1.165, 1.54) is 0 Å². The van der Waals surface area contributed by atoms with Crippen LogP contribution < -0.4 is 10.2 Å². The van der Waals surface area contributed by atoms with E-state index in [1.807, 2.05) is 24.3 Å². The van der Waals surface area contributed by atoms with E-state index in [9.17, 15) is 4.79 Å². The van der Waals surface area contributed by atoms with Gasteiger partial charge < -0.3 is 19.1 Å². The van der Waals surface area contributed by atoms with Gasteiger partial charge in [-0.15, -0.1) is 0 Å². The molecule has 23 heavy (non-hydrogen) atoms. The molecular formula is C17H17N3O3. The number of pyridine rings is 1. The lowest BCUT2D eigenvalue weighted by molar-refractivity contribution is -0.122. The van der Waals surface area contributed by atoms with Gasteiger partial charge in [0, 0.05) is 12.7 Å². The molecule has 1 fully saturated rings. The number of nitrogens with zero attached hydrogens (tertiary/aromatic N) is 2. The van der Waals surface area contributed by atoms with Crippen LogP contribution in [-0.4, -0.2) is 23.5 Å². The van der Waals surface area contributed by atoms with Crippen LogP contribution in [0.5, 0.6) is 0 Å². The first-order chi connectivity index (χ1) is 11.3. The highest BCUT2D eigenvalue weighted by Crippen LogP contribution is 2.30. The van der Waals surface area contributed by atoms with Gasteiger partial charge in [-0.3, -0.25) is 4.79 Å². The van der Waals surface area contributed by atoms with Crippen molar-refractivity contribution in [1.29, 1.82) is 0 Å². The number of aromatic nitrogens is 1. The molecule has 118 valence electrons. The van der Waals surface area contributed by atoms with Crippen molar-refractivity contribution in [3.8, 4) is 0 Å². The number of carbonyl (C=O) groups excluding carboxylic acids is 1. The minimum absolute atomic E-state index is 0.00111. The van der Waals surface area contributed by atoms with E-state index in [0.717, 1.165) is 41.9 Å². The van der Waals surface area contributed by atoms with Crippen LogP contribution in [0.3, 0.4) is 0 Å². The number of rotatable bonds is 4. The number of hydrogen-bond donors (Lipinski definition) is 1. The Kier molecular flexibility index (Phi) is 3.49.